The molecule has 0 aliphatic heterocycles. The molecule has 108 valence electrons. The first-order valence-electron chi connectivity index (χ1n) is 7.13. The number of nitrogens with one attached hydrogen (secondary N) is 1. The molecular weight excluding hydrogens is 252 g/mol. The first kappa shape index (κ1) is 14.6. The first-order valence-corrected chi connectivity index (χ1v) is 7.13. The van der Waals surface area contributed by atoms with Crippen LogP contribution in [0.5, 0.6) is 5.75 Å². The number of esters is 1. The third-order valence-corrected chi connectivity index (χ3v) is 3.56. The number of H-pyrrole nitrogens is 1. The molecule has 0 saturated carbocycles. The van der Waals surface area contributed by atoms with E-state index in [1.165, 1.54) is 5.56 Å². The summed E-state index contributed by atoms with van der Waals surface area (Å²) in [5, 5.41) is 1.14. The van der Waals surface area contributed by atoms with Gasteiger partial charge in [-0.1, -0.05) is 13.8 Å². The second-order valence-electron chi connectivity index (χ2n) is 4.99. The van der Waals surface area contributed by atoms with Crippen LogP contribution in [0, 0.1) is 0 Å². The number of rotatable bonds is 6. The summed E-state index contributed by atoms with van der Waals surface area (Å²) < 4.78 is 5.28. The van der Waals surface area contributed by atoms with Crippen molar-refractivity contribution in [2.45, 2.75) is 26.7 Å². The number of aromatic amines is 1. The highest BCUT2D eigenvalue weighted by Gasteiger charge is 2.08. The Hall–Kier alpha value is -1.81. The van der Waals surface area contributed by atoms with E-state index in [0.717, 1.165) is 30.4 Å². The van der Waals surface area contributed by atoms with Crippen LogP contribution in [0.15, 0.2) is 24.4 Å². The number of hydrogen-bond donors (Lipinski definition) is 1. The minimum atomic E-state index is -0.202. The van der Waals surface area contributed by atoms with Gasteiger partial charge < -0.3 is 14.6 Å². The second kappa shape index (κ2) is 6.57. The normalized spacial score (nSPS) is 11.2. The zero-order valence-electron chi connectivity index (χ0n) is 12.4. The Labute approximate surface area is 119 Å². The molecule has 1 N–H and O–H groups in total. The Morgan fingerprint density at radius 2 is 2.15 bits per heavy atom. The minimum absolute atomic E-state index is 0.202. The van der Waals surface area contributed by atoms with Crippen molar-refractivity contribution >= 4 is 16.9 Å². The van der Waals surface area contributed by atoms with Gasteiger partial charge in [0.1, 0.15) is 5.75 Å². The highest BCUT2D eigenvalue weighted by atomic mass is 16.5. The molecule has 1 aromatic heterocycles. The molecule has 0 unspecified atom stereocenters. The molecule has 0 spiro atoms. The number of carbonyl (C=O) groups is 1. The summed E-state index contributed by atoms with van der Waals surface area (Å²) in [6.07, 6.45) is 3.41. The van der Waals surface area contributed by atoms with E-state index in [-0.39, 0.29) is 5.97 Å². The molecule has 0 fully saturated rings. The van der Waals surface area contributed by atoms with Gasteiger partial charge >= 0.3 is 5.97 Å². The van der Waals surface area contributed by atoms with Gasteiger partial charge in [0.2, 0.25) is 0 Å². The van der Waals surface area contributed by atoms with Crippen molar-refractivity contribution in [2.75, 3.05) is 20.1 Å². The van der Waals surface area contributed by atoms with E-state index in [1.54, 1.807) is 6.92 Å². The monoisotopic (exact) mass is 274 g/mol. The van der Waals surface area contributed by atoms with Gasteiger partial charge in [0.05, 0.1) is 0 Å². The van der Waals surface area contributed by atoms with Crippen molar-refractivity contribution in [2.24, 2.45) is 0 Å². The standard InChI is InChI=1S/C16H22N2O2/c1-4-16(19)20-13-6-7-15-14(10-13)12(11-17-15)8-9-18(3)5-2/h6-7,10-11,17H,4-5,8-9H2,1-3H3. The molecule has 0 amide bonds. The van der Waals surface area contributed by atoms with E-state index >= 15 is 0 Å². The molecule has 2 aromatic rings. The summed E-state index contributed by atoms with van der Waals surface area (Å²) in [6, 6.07) is 5.73. The first-order chi connectivity index (χ1) is 9.63. The van der Waals surface area contributed by atoms with Crippen molar-refractivity contribution in [1.82, 2.24) is 9.88 Å². The van der Waals surface area contributed by atoms with Gasteiger partial charge in [-0.25, -0.2) is 0 Å². The van der Waals surface area contributed by atoms with Gasteiger partial charge in [0.15, 0.2) is 0 Å². The topological polar surface area (TPSA) is 45.3 Å². The number of carbonyl (C=O) groups excluding carboxylic acids is 1. The fourth-order valence-corrected chi connectivity index (χ4v) is 2.10. The molecule has 2 rings (SSSR count). The molecule has 0 bridgehead atoms. The van der Waals surface area contributed by atoms with Crippen LogP contribution in [-0.2, 0) is 11.2 Å². The molecule has 0 radical (unpaired) electrons. The molecule has 1 heterocycles. The number of likely N-dealkylation sites (N-methyl/N-ethyl adjacent to an activating group) is 1. The van der Waals surface area contributed by atoms with Crippen molar-refractivity contribution in [3.8, 4) is 5.75 Å². The Kier molecular flexibility index (Phi) is 4.79. The van der Waals surface area contributed by atoms with E-state index in [4.69, 9.17) is 4.74 Å². The van der Waals surface area contributed by atoms with E-state index in [1.807, 2.05) is 24.4 Å². The lowest BCUT2D eigenvalue weighted by atomic mass is 10.1. The molecule has 0 saturated heterocycles. The van der Waals surface area contributed by atoms with E-state index in [2.05, 4.69) is 23.9 Å². The lowest BCUT2D eigenvalue weighted by molar-refractivity contribution is -0.134. The molecule has 0 atom stereocenters. The maximum atomic E-state index is 11.4. The predicted octanol–water partition coefficient (Wildman–Crippen LogP) is 2.98. The van der Waals surface area contributed by atoms with Crippen LogP contribution in [0.3, 0.4) is 0 Å². The molecule has 0 aliphatic carbocycles. The van der Waals surface area contributed by atoms with Crippen LogP contribution in [0.2, 0.25) is 0 Å². The Balaban J connectivity index is 2.19. The average molecular weight is 274 g/mol. The predicted molar refractivity (Wildman–Crippen MR) is 81.1 cm³/mol. The summed E-state index contributed by atoms with van der Waals surface area (Å²) in [5.41, 5.74) is 2.34. The van der Waals surface area contributed by atoms with E-state index < -0.39 is 0 Å². The summed E-state index contributed by atoms with van der Waals surface area (Å²) in [5.74, 6) is 0.418. The largest absolute Gasteiger partial charge is 0.427 e. The highest BCUT2D eigenvalue weighted by Crippen LogP contribution is 2.24. The Morgan fingerprint density at radius 1 is 1.35 bits per heavy atom. The van der Waals surface area contributed by atoms with Crippen molar-refractivity contribution in [3.63, 3.8) is 0 Å². The maximum Gasteiger partial charge on any atom is 0.310 e. The smallest absolute Gasteiger partial charge is 0.310 e. The van der Waals surface area contributed by atoms with Crippen LogP contribution >= 0.6 is 0 Å². The molecule has 4 nitrogen and oxygen atoms in total. The van der Waals surface area contributed by atoms with Crippen LogP contribution in [-0.4, -0.2) is 36.0 Å². The fourth-order valence-electron chi connectivity index (χ4n) is 2.10. The van der Waals surface area contributed by atoms with Crippen LogP contribution in [0.4, 0.5) is 0 Å². The van der Waals surface area contributed by atoms with Gasteiger partial charge in [0.25, 0.3) is 0 Å². The quantitative estimate of drug-likeness (QED) is 0.650. The number of nitrogens with zero attached hydrogens (tertiary/aromatic N) is 1. The SMILES string of the molecule is CCC(=O)Oc1ccc2[nH]cc(CCN(C)CC)c2c1. The second-order valence-corrected chi connectivity index (χ2v) is 4.99. The minimum Gasteiger partial charge on any atom is -0.427 e. The number of aromatic nitrogens is 1. The summed E-state index contributed by atoms with van der Waals surface area (Å²) in [7, 11) is 2.11. The summed E-state index contributed by atoms with van der Waals surface area (Å²) in [4.78, 5) is 16.9. The third kappa shape index (κ3) is 3.39. The summed E-state index contributed by atoms with van der Waals surface area (Å²) in [6.45, 7) is 6.00. The Bertz CT molecular complexity index is 589. The van der Waals surface area contributed by atoms with Gasteiger partial charge in [-0.05, 0) is 43.8 Å². The maximum absolute atomic E-state index is 11.4. The third-order valence-electron chi connectivity index (χ3n) is 3.56. The molecule has 4 heteroatoms. The zero-order valence-corrected chi connectivity index (χ0v) is 12.4. The number of ether oxygens (including phenoxy) is 1. The van der Waals surface area contributed by atoms with Crippen LogP contribution in [0.25, 0.3) is 10.9 Å². The fraction of sp³-hybridized carbons (Fsp3) is 0.438. The molecule has 1 aromatic carbocycles. The average Bonchev–Trinajstić information content (AvgIpc) is 2.87. The van der Waals surface area contributed by atoms with Gasteiger partial charge in [0, 0.05) is 30.1 Å². The van der Waals surface area contributed by atoms with Gasteiger partial charge in [-0.15, -0.1) is 0 Å². The van der Waals surface area contributed by atoms with Crippen molar-refractivity contribution in [1.29, 1.82) is 0 Å². The van der Waals surface area contributed by atoms with Crippen molar-refractivity contribution < 1.29 is 9.53 Å². The van der Waals surface area contributed by atoms with E-state index in [9.17, 15) is 4.79 Å². The molecule has 0 aliphatic rings. The Morgan fingerprint density at radius 3 is 2.85 bits per heavy atom. The zero-order chi connectivity index (χ0) is 14.5. The van der Waals surface area contributed by atoms with Crippen molar-refractivity contribution in [3.05, 3.63) is 30.0 Å². The highest BCUT2D eigenvalue weighted by molar-refractivity contribution is 5.85. The van der Waals surface area contributed by atoms with Crippen LogP contribution in [0.1, 0.15) is 25.8 Å². The van der Waals surface area contributed by atoms with Gasteiger partial charge in [-0.3, -0.25) is 4.79 Å². The number of benzene rings is 1. The lowest BCUT2D eigenvalue weighted by Gasteiger charge is -2.12. The number of fused-ring (bicyclic) bond motifs is 1. The van der Waals surface area contributed by atoms with Gasteiger partial charge in [-0.2, -0.15) is 0 Å². The molecule has 20 heavy (non-hydrogen) atoms. The van der Waals surface area contributed by atoms with Crippen LogP contribution < -0.4 is 4.74 Å². The molecular formula is C16H22N2O2. The lowest BCUT2D eigenvalue weighted by Crippen LogP contribution is -2.20. The summed E-state index contributed by atoms with van der Waals surface area (Å²) >= 11 is 0. The number of hydrogen-bond acceptors (Lipinski definition) is 3. The van der Waals surface area contributed by atoms with E-state index in [0.29, 0.717) is 12.2 Å².